The van der Waals surface area contributed by atoms with Crippen LogP contribution < -0.4 is 10.3 Å². The Morgan fingerprint density at radius 1 is 0.889 bits per heavy atom. The van der Waals surface area contributed by atoms with Gasteiger partial charge in [0.1, 0.15) is 18.2 Å². The molecular weight excluding hydrogens is 383 g/mol. The first-order valence-electron chi connectivity index (χ1n) is 8.27. The number of para-hydroxylation sites is 1. The van der Waals surface area contributed by atoms with Gasteiger partial charge in [-0.3, -0.25) is 4.79 Å². The lowest BCUT2D eigenvalue weighted by Gasteiger charge is -2.10. The number of aromatic nitrogens is 2. The first kappa shape index (κ1) is 17.6. The topological polar surface area (TPSA) is 55.0 Å². The third-order valence-electron chi connectivity index (χ3n) is 4.19. The molecular formula is C21H14Cl2N2O2. The number of aromatic amines is 1. The van der Waals surface area contributed by atoms with E-state index in [1.54, 1.807) is 24.3 Å². The van der Waals surface area contributed by atoms with Crippen molar-refractivity contribution in [2.24, 2.45) is 0 Å². The van der Waals surface area contributed by atoms with Gasteiger partial charge in [0.2, 0.25) is 0 Å². The van der Waals surface area contributed by atoms with Gasteiger partial charge in [0.15, 0.2) is 0 Å². The number of ether oxygens (including phenoxy) is 1. The van der Waals surface area contributed by atoms with Gasteiger partial charge in [0, 0.05) is 21.2 Å². The second-order valence-corrected chi connectivity index (χ2v) is 6.76. The van der Waals surface area contributed by atoms with E-state index in [1.165, 1.54) is 0 Å². The van der Waals surface area contributed by atoms with E-state index in [2.05, 4.69) is 9.97 Å². The maximum Gasteiger partial charge on any atom is 0.259 e. The maximum atomic E-state index is 12.2. The normalized spacial score (nSPS) is 10.9. The first-order valence-corrected chi connectivity index (χ1v) is 9.02. The molecule has 4 nitrogen and oxygen atoms in total. The van der Waals surface area contributed by atoms with E-state index >= 15 is 0 Å². The minimum absolute atomic E-state index is 0.163. The van der Waals surface area contributed by atoms with Crippen LogP contribution in [0.5, 0.6) is 5.75 Å². The minimum Gasteiger partial charge on any atom is -0.489 e. The van der Waals surface area contributed by atoms with Crippen LogP contribution in [-0.4, -0.2) is 9.97 Å². The Hall–Kier alpha value is -2.82. The van der Waals surface area contributed by atoms with Crippen molar-refractivity contribution >= 4 is 34.1 Å². The Morgan fingerprint density at radius 2 is 1.59 bits per heavy atom. The molecule has 0 saturated heterocycles. The van der Waals surface area contributed by atoms with E-state index in [0.717, 1.165) is 11.1 Å². The number of hydrogen-bond donors (Lipinski definition) is 1. The molecule has 0 fully saturated rings. The smallest absolute Gasteiger partial charge is 0.259 e. The number of H-pyrrole nitrogens is 1. The molecule has 0 spiro atoms. The molecule has 0 radical (unpaired) electrons. The molecule has 0 unspecified atom stereocenters. The minimum atomic E-state index is -0.163. The summed E-state index contributed by atoms with van der Waals surface area (Å²) in [5.41, 5.74) is 2.03. The lowest BCUT2D eigenvalue weighted by atomic mass is 10.2. The van der Waals surface area contributed by atoms with Crippen LogP contribution in [0.4, 0.5) is 0 Å². The number of hydrogen-bond acceptors (Lipinski definition) is 3. The van der Waals surface area contributed by atoms with Crippen molar-refractivity contribution in [3.05, 3.63) is 92.7 Å². The molecule has 27 heavy (non-hydrogen) atoms. The zero-order valence-electron chi connectivity index (χ0n) is 14.1. The SMILES string of the molecule is O=c1[nH]c(-c2ccc(OCc3c(Cl)cccc3Cl)cc2)nc2ccccc12. The standard InChI is InChI=1S/C21H14Cl2N2O2/c22-17-5-3-6-18(23)16(17)12-27-14-10-8-13(9-11-14)20-24-19-7-2-1-4-15(19)21(26)25-20/h1-11H,12H2,(H,24,25,26). The van der Waals surface area contributed by atoms with Crippen LogP contribution in [0, 0.1) is 0 Å². The molecule has 1 heterocycles. The Morgan fingerprint density at radius 3 is 2.33 bits per heavy atom. The van der Waals surface area contributed by atoms with Crippen molar-refractivity contribution in [1.29, 1.82) is 0 Å². The van der Waals surface area contributed by atoms with Gasteiger partial charge in [-0.1, -0.05) is 41.4 Å². The van der Waals surface area contributed by atoms with Gasteiger partial charge < -0.3 is 9.72 Å². The number of halogens is 2. The van der Waals surface area contributed by atoms with Gasteiger partial charge in [-0.15, -0.1) is 0 Å². The van der Waals surface area contributed by atoms with Crippen LogP contribution in [0.15, 0.2) is 71.5 Å². The largest absolute Gasteiger partial charge is 0.489 e. The van der Waals surface area contributed by atoms with Crippen LogP contribution in [0.1, 0.15) is 5.56 Å². The Labute approximate surface area is 165 Å². The van der Waals surface area contributed by atoms with E-state index < -0.39 is 0 Å². The highest BCUT2D eigenvalue weighted by molar-refractivity contribution is 6.35. The molecule has 4 aromatic rings. The summed E-state index contributed by atoms with van der Waals surface area (Å²) in [7, 11) is 0. The number of benzene rings is 3. The highest BCUT2D eigenvalue weighted by Gasteiger charge is 2.08. The van der Waals surface area contributed by atoms with E-state index in [1.807, 2.05) is 42.5 Å². The second-order valence-electron chi connectivity index (χ2n) is 5.94. The molecule has 0 aliphatic carbocycles. The zero-order chi connectivity index (χ0) is 18.8. The van der Waals surface area contributed by atoms with E-state index in [-0.39, 0.29) is 12.2 Å². The third kappa shape index (κ3) is 3.68. The zero-order valence-corrected chi connectivity index (χ0v) is 15.6. The van der Waals surface area contributed by atoms with Gasteiger partial charge >= 0.3 is 0 Å². The number of fused-ring (bicyclic) bond motifs is 1. The van der Waals surface area contributed by atoms with Crippen molar-refractivity contribution in [3.63, 3.8) is 0 Å². The lowest BCUT2D eigenvalue weighted by Crippen LogP contribution is -2.09. The predicted octanol–water partition coefficient (Wildman–Crippen LogP) is 5.48. The highest BCUT2D eigenvalue weighted by atomic mass is 35.5. The molecule has 1 aromatic heterocycles. The lowest BCUT2D eigenvalue weighted by molar-refractivity contribution is 0.306. The molecule has 3 aromatic carbocycles. The van der Waals surface area contributed by atoms with Crippen molar-refractivity contribution in [2.45, 2.75) is 6.61 Å². The summed E-state index contributed by atoms with van der Waals surface area (Å²) < 4.78 is 5.78. The highest BCUT2D eigenvalue weighted by Crippen LogP contribution is 2.26. The average Bonchev–Trinajstić information content (AvgIpc) is 2.68. The monoisotopic (exact) mass is 396 g/mol. The van der Waals surface area contributed by atoms with Crippen molar-refractivity contribution < 1.29 is 4.74 Å². The first-order chi connectivity index (χ1) is 13.1. The summed E-state index contributed by atoms with van der Waals surface area (Å²) in [5, 5.41) is 1.70. The van der Waals surface area contributed by atoms with Crippen LogP contribution in [0.2, 0.25) is 10.0 Å². The number of rotatable bonds is 4. The molecule has 1 N–H and O–H groups in total. The van der Waals surface area contributed by atoms with Crippen LogP contribution in [-0.2, 0) is 6.61 Å². The molecule has 4 rings (SSSR count). The third-order valence-corrected chi connectivity index (χ3v) is 4.89. The summed E-state index contributed by atoms with van der Waals surface area (Å²) in [6.07, 6.45) is 0. The van der Waals surface area contributed by atoms with Gasteiger partial charge in [-0.25, -0.2) is 4.98 Å². The molecule has 0 aliphatic heterocycles. The molecule has 0 aliphatic rings. The van der Waals surface area contributed by atoms with Crippen LogP contribution >= 0.6 is 23.2 Å². The number of nitrogens with zero attached hydrogens (tertiary/aromatic N) is 1. The Kier molecular flexibility index (Phi) is 4.84. The summed E-state index contributed by atoms with van der Waals surface area (Å²) in [5.74, 6) is 1.18. The molecule has 0 amide bonds. The van der Waals surface area contributed by atoms with Gasteiger partial charge in [-0.2, -0.15) is 0 Å². The van der Waals surface area contributed by atoms with Gasteiger partial charge in [0.05, 0.1) is 10.9 Å². The summed E-state index contributed by atoms with van der Waals surface area (Å²) in [4.78, 5) is 19.6. The molecule has 134 valence electrons. The predicted molar refractivity (Wildman–Crippen MR) is 109 cm³/mol. The number of nitrogens with one attached hydrogen (secondary N) is 1. The maximum absolute atomic E-state index is 12.2. The van der Waals surface area contributed by atoms with Crippen LogP contribution in [0.25, 0.3) is 22.3 Å². The van der Waals surface area contributed by atoms with Gasteiger partial charge in [0.25, 0.3) is 5.56 Å². The quantitative estimate of drug-likeness (QED) is 0.497. The van der Waals surface area contributed by atoms with E-state index in [0.29, 0.717) is 32.5 Å². The van der Waals surface area contributed by atoms with Crippen molar-refractivity contribution in [2.75, 3.05) is 0 Å². The molecule has 0 atom stereocenters. The molecule has 0 bridgehead atoms. The fourth-order valence-corrected chi connectivity index (χ4v) is 3.26. The summed E-state index contributed by atoms with van der Waals surface area (Å²) in [6, 6.07) is 19.9. The Bertz CT molecular complexity index is 1150. The van der Waals surface area contributed by atoms with E-state index in [4.69, 9.17) is 27.9 Å². The molecule has 6 heteroatoms. The Balaban J connectivity index is 1.57. The second kappa shape index (κ2) is 7.43. The fourth-order valence-electron chi connectivity index (χ4n) is 2.76. The summed E-state index contributed by atoms with van der Waals surface area (Å²) >= 11 is 12.3. The van der Waals surface area contributed by atoms with Crippen molar-refractivity contribution in [3.8, 4) is 17.1 Å². The van der Waals surface area contributed by atoms with Crippen molar-refractivity contribution in [1.82, 2.24) is 9.97 Å². The average molecular weight is 397 g/mol. The van der Waals surface area contributed by atoms with Gasteiger partial charge in [-0.05, 0) is 48.5 Å². The molecule has 0 saturated carbocycles. The van der Waals surface area contributed by atoms with Crippen LogP contribution in [0.3, 0.4) is 0 Å². The summed E-state index contributed by atoms with van der Waals surface area (Å²) in [6.45, 7) is 0.267. The van der Waals surface area contributed by atoms with E-state index in [9.17, 15) is 4.79 Å². The fraction of sp³-hybridized carbons (Fsp3) is 0.0476.